The van der Waals surface area contributed by atoms with Gasteiger partial charge in [0.05, 0.1) is 20.8 Å². The second-order valence-corrected chi connectivity index (χ2v) is 4.80. The van der Waals surface area contributed by atoms with Gasteiger partial charge in [0.1, 0.15) is 5.56 Å². The van der Waals surface area contributed by atoms with E-state index in [9.17, 15) is 9.59 Å². The van der Waals surface area contributed by atoms with Gasteiger partial charge in [-0.25, -0.2) is 9.59 Å². The highest BCUT2D eigenvalue weighted by molar-refractivity contribution is 5.98. The number of ether oxygens (including phenoxy) is 3. The summed E-state index contributed by atoms with van der Waals surface area (Å²) in [5.41, 5.74) is 0.669. The van der Waals surface area contributed by atoms with E-state index in [1.165, 1.54) is 14.2 Å². The first-order chi connectivity index (χ1) is 10.6. The maximum absolute atomic E-state index is 12.0. The molecule has 1 aromatic rings. The van der Waals surface area contributed by atoms with Crippen molar-refractivity contribution in [1.29, 1.82) is 0 Å². The monoisotopic (exact) mass is 312 g/mol. The Morgan fingerprint density at radius 1 is 1.05 bits per heavy atom. The van der Waals surface area contributed by atoms with Crippen molar-refractivity contribution < 1.29 is 28.2 Å². The van der Waals surface area contributed by atoms with Crippen molar-refractivity contribution in [2.45, 2.75) is 46.0 Å². The molecule has 0 aliphatic rings. The minimum atomic E-state index is -0.596. The van der Waals surface area contributed by atoms with E-state index in [1.54, 1.807) is 6.92 Å². The summed E-state index contributed by atoms with van der Waals surface area (Å²) in [6, 6.07) is 0. The summed E-state index contributed by atoms with van der Waals surface area (Å²) >= 11 is 0. The first-order valence-corrected chi connectivity index (χ1v) is 7.55. The molecule has 6 nitrogen and oxygen atoms in total. The van der Waals surface area contributed by atoms with Crippen molar-refractivity contribution in [1.82, 2.24) is 0 Å². The molecule has 124 valence electrons. The SMILES string of the molecule is CCCCCCc1c(C(=O)OCC)oc(OC)c1C(=O)OC. The van der Waals surface area contributed by atoms with E-state index in [-0.39, 0.29) is 23.9 Å². The normalized spacial score (nSPS) is 10.4. The van der Waals surface area contributed by atoms with Gasteiger partial charge >= 0.3 is 11.9 Å². The average Bonchev–Trinajstić information content (AvgIpc) is 2.89. The predicted octanol–water partition coefficient (Wildman–Crippen LogP) is 3.37. The van der Waals surface area contributed by atoms with Gasteiger partial charge in [0.25, 0.3) is 5.95 Å². The van der Waals surface area contributed by atoms with Crippen molar-refractivity contribution in [3.63, 3.8) is 0 Å². The summed E-state index contributed by atoms with van der Waals surface area (Å²) in [6.45, 7) is 4.05. The maximum atomic E-state index is 12.0. The number of rotatable bonds is 9. The van der Waals surface area contributed by atoms with E-state index in [0.717, 1.165) is 25.7 Å². The molecule has 1 heterocycles. The molecular weight excluding hydrogens is 288 g/mol. The number of carbonyl (C=O) groups excluding carboxylic acids is 2. The van der Waals surface area contributed by atoms with Gasteiger partial charge in [-0.05, 0) is 19.8 Å². The Hall–Kier alpha value is -1.98. The van der Waals surface area contributed by atoms with Gasteiger partial charge < -0.3 is 18.6 Å². The van der Waals surface area contributed by atoms with Crippen molar-refractivity contribution in [2.24, 2.45) is 0 Å². The highest BCUT2D eigenvalue weighted by Crippen LogP contribution is 2.32. The van der Waals surface area contributed by atoms with Crippen LogP contribution in [0.25, 0.3) is 0 Å². The fraction of sp³-hybridized carbons (Fsp3) is 0.625. The van der Waals surface area contributed by atoms with Gasteiger partial charge in [0.2, 0.25) is 5.76 Å². The fourth-order valence-electron chi connectivity index (χ4n) is 2.22. The molecular formula is C16H24O6. The molecule has 0 saturated carbocycles. The largest absolute Gasteiger partial charge is 0.468 e. The average molecular weight is 312 g/mol. The maximum Gasteiger partial charge on any atom is 0.374 e. The van der Waals surface area contributed by atoms with Gasteiger partial charge in [0, 0.05) is 5.56 Å². The molecule has 0 aliphatic carbocycles. The number of furan rings is 1. The van der Waals surface area contributed by atoms with E-state index in [1.807, 2.05) is 0 Å². The summed E-state index contributed by atoms with van der Waals surface area (Å²) in [5, 5.41) is 0. The van der Waals surface area contributed by atoms with Crippen LogP contribution in [0.1, 0.15) is 66.0 Å². The topological polar surface area (TPSA) is 75.0 Å². The van der Waals surface area contributed by atoms with Crippen LogP contribution in [-0.2, 0) is 15.9 Å². The van der Waals surface area contributed by atoms with Crippen LogP contribution >= 0.6 is 0 Å². The first kappa shape index (κ1) is 18.1. The van der Waals surface area contributed by atoms with Crippen molar-refractivity contribution in [3.8, 4) is 5.95 Å². The Balaban J connectivity index is 3.15. The molecule has 0 fully saturated rings. The van der Waals surface area contributed by atoms with Crippen LogP contribution in [0.2, 0.25) is 0 Å². The molecule has 0 atom stereocenters. The highest BCUT2D eigenvalue weighted by Gasteiger charge is 2.31. The molecule has 0 aromatic carbocycles. The van der Waals surface area contributed by atoms with Crippen LogP contribution in [0.5, 0.6) is 5.95 Å². The number of unbranched alkanes of at least 4 members (excludes halogenated alkanes) is 3. The van der Waals surface area contributed by atoms with E-state index in [0.29, 0.717) is 12.0 Å². The highest BCUT2D eigenvalue weighted by atomic mass is 16.6. The van der Waals surface area contributed by atoms with Gasteiger partial charge in [0.15, 0.2) is 0 Å². The molecule has 1 rings (SSSR count). The smallest absolute Gasteiger partial charge is 0.374 e. The molecule has 22 heavy (non-hydrogen) atoms. The zero-order valence-corrected chi connectivity index (χ0v) is 13.7. The minimum absolute atomic E-state index is 0.0135. The number of carbonyl (C=O) groups is 2. The Labute approximate surface area is 130 Å². The Bertz CT molecular complexity index is 503. The fourth-order valence-corrected chi connectivity index (χ4v) is 2.22. The second kappa shape index (κ2) is 9.12. The number of methoxy groups -OCH3 is 2. The summed E-state index contributed by atoms with van der Waals surface area (Å²) in [7, 11) is 2.65. The van der Waals surface area contributed by atoms with Crippen LogP contribution in [0.3, 0.4) is 0 Å². The van der Waals surface area contributed by atoms with Gasteiger partial charge in [-0.3, -0.25) is 0 Å². The Morgan fingerprint density at radius 3 is 2.32 bits per heavy atom. The lowest BCUT2D eigenvalue weighted by molar-refractivity contribution is 0.0480. The van der Waals surface area contributed by atoms with E-state index in [2.05, 4.69) is 6.92 Å². The molecule has 0 radical (unpaired) electrons. The summed E-state index contributed by atoms with van der Waals surface area (Å²) in [4.78, 5) is 24.0. The van der Waals surface area contributed by atoms with E-state index < -0.39 is 11.9 Å². The molecule has 0 spiro atoms. The third-order valence-electron chi connectivity index (χ3n) is 3.29. The van der Waals surface area contributed by atoms with Gasteiger partial charge in [-0.2, -0.15) is 0 Å². The first-order valence-electron chi connectivity index (χ1n) is 7.55. The number of hydrogen-bond acceptors (Lipinski definition) is 6. The van der Waals surface area contributed by atoms with Crippen LogP contribution in [-0.4, -0.2) is 32.8 Å². The van der Waals surface area contributed by atoms with Crippen molar-refractivity contribution in [3.05, 3.63) is 16.9 Å². The molecule has 0 bridgehead atoms. The minimum Gasteiger partial charge on any atom is -0.468 e. The van der Waals surface area contributed by atoms with Crippen LogP contribution in [0.4, 0.5) is 0 Å². The van der Waals surface area contributed by atoms with E-state index in [4.69, 9.17) is 18.6 Å². The molecule has 0 aliphatic heterocycles. The van der Waals surface area contributed by atoms with Gasteiger partial charge in [-0.15, -0.1) is 0 Å². The van der Waals surface area contributed by atoms with E-state index >= 15 is 0 Å². The third kappa shape index (κ3) is 4.26. The third-order valence-corrected chi connectivity index (χ3v) is 3.29. The summed E-state index contributed by atoms with van der Waals surface area (Å²) < 4.78 is 20.2. The molecule has 6 heteroatoms. The lowest BCUT2D eigenvalue weighted by Gasteiger charge is -2.05. The van der Waals surface area contributed by atoms with Crippen LogP contribution in [0, 0.1) is 0 Å². The molecule has 0 amide bonds. The zero-order chi connectivity index (χ0) is 16.5. The molecule has 0 N–H and O–H groups in total. The number of esters is 2. The predicted molar refractivity (Wildman–Crippen MR) is 80.4 cm³/mol. The quantitative estimate of drug-likeness (QED) is 0.514. The lowest BCUT2D eigenvalue weighted by Crippen LogP contribution is -2.10. The molecule has 0 saturated heterocycles. The van der Waals surface area contributed by atoms with Gasteiger partial charge in [-0.1, -0.05) is 26.2 Å². The summed E-state index contributed by atoms with van der Waals surface area (Å²) in [6.07, 6.45) is 4.58. The number of hydrogen-bond donors (Lipinski definition) is 0. The van der Waals surface area contributed by atoms with Crippen molar-refractivity contribution in [2.75, 3.05) is 20.8 Å². The Morgan fingerprint density at radius 2 is 1.77 bits per heavy atom. The summed E-state index contributed by atoms with van der Waals surface area (Å²) in [5.74, 6) is -1.17. The van der Waals surface area contributed by atoms with Crippen LogP contribution in [0.15, 0.2) is 4.42 Å². The Kier molecular flexibility index (Phi) is 7.49. The molecule has 1 aromatic heterocycles. The standard InChI is InChI=1S/C16H24O6/c1-5-7-8-9-10-11-12(14(17)19-3)16(20-4)22-13(11)15(18)21-6-2/h5-10H2,1-4H3. The van der Waals surface area contributed by atoms with Crippen LogP contribution < -0.4 is 4.74 Å². The second-order valence-electron chi connectivity index (χ2n) is 4.80. The lowest BCUT2D eigenvalue weighted by atomic mass is 10.0. The zero-order valence-electron chi connectivity index (χ0n) is 13.7. The molecule has 0 unspecified atom stereocenters. The van der Waals surface area contributed by atoms with Crippen molar-refractivity contribution >= 4 is 11.9 Å².